The average Bonchev–Trinajstić information content (AvgIpc) is 2.70. The van der Waals surface area contributed by atoms with Gasteiger partial charge in [-0.3, -0.25) is 0 Å². The monoisotopic (exact) mass is 311 g/mol. The zero-order chi connectivity index (χ0) is 13.1. The molecule has 98 valence electrons. The lowest BCUT2D eigenvalue weighted by atomic mass is 10.3. The van der Waals surface area contributed by atoms with Gasteiger partial charge in [-0.25, -0.2) is 4.52 Å². The molecule has 1 N–H and O–H groups in total. The molecule has 0 aliphatic carbocycles. The van der Waals surface area contributed by atoms with Crippen LogP contribution >= 0.6 is 15.9 Å². The number of rotatable bonds is 5. The van der Waals surface area contributed by atoms with Crippen molar-refractivity contribution < 1.29 is 0 Å². The summed E-state index contributed by atoms with van der Waals surface area (Å²) in [5.74, 6) is 0.672. The highest BCUT2D eigenvalue weighted by molar-refractivity contribution is 9.10. The predicted molar refractivity (Wildman–Crippen MR) is 76.9 cm³/mol. The molecule has 0 saturated carbocycles. The minimum Gasteiger partial charge on any atom is -0.352 e. The van der Waals surface area contributed by atoms with Crippen molar-refractivity contribution >= 4 is 27.5 Å². The first-order chi connectivity index (χ1) is 8.56. The number of nitrogens with zero attached hydrogens (tertiary/aromatic N) is 4. The smallest absolute Gasteiger partial charge is 0.243 e. The number of anilines is 1. The van der Waals surface area contributed by atoms with Crippen molar-refractivity contribution in [1.29, 1.82) is 0 Å². The number of nitrogens with one attached hydrogen (secondary N) is 1. The van der Waals surface area contributed by atoms with Gasteiger partial charge in [0.15, 0.2) is 5.65 Å². The minimum atomic E-state index is 0.553. The van der Waals surface area contributed by atoms with E-state index in [4.69, 9.17) is 0 Å². The van der Waals surface area contributed by atoms with Gasteiger partial charge in [0, 0.05) is 29.8 Å². The molecule has 0 aliphatic rings. The van der Waals surface area contributed by atoms with Crippen LogP contribution in [0.2, 0.25) is 0 Å². The van der Waals surface area contributed by atoms with Gasteiger partial charge in [0.25, 0.3) is 0 Å². The van der Waals surface area contributed by atoms with Crippen LogP contribution in [0.1, 0.15) is 13.8 Å². The average molecular weight is 312 g/mol. The summed E-state index contributed by atoms with van der Waals surface area (Å²) in [6, 6.07) is 4.44. The Morgan fingerprint density at radius 3 is 2.94 bits per heavy atom. The first kappa shape index (κ1) is 13.3. The van der Waals surface area contributed by atoms with Gasteiger partial charge in [-0.05, 0) is 49.0 Å². The molecule has 0 radical (unpaired) electrons. The van der Waals surface area contributed by atoms with Gasteiger partial charge in [-0.2, -0.15) is 4.98 Å². The van der Waals surface area contributed by atoms with Crippen molar-refractivity contribution in [2.24, 2.45) is 0 Å². The molecule has 0 amide bonds. The molecule has 0 unspecified atom stereocenters. The second-order valence-electron chi connectivity index (χ2n) is 4.59. The van der Waals surface area contributed by atoms with E-state index in [1.807, 2.05) is 18.3 Å². The fourth-order valence-electron chi connectivity index (χ4n) is 1.54. The molecule has 2 rings (SSSR count). The molecule has 0 saturated heterocycles. The number of halogens is 1. The van der Waals surface area contributed by atoms with Crippen LogP contribution in [0.15, 0.2) is 22.8 Å². The van der Waals surface area contributed by atoms with Gasteiger partial charge < -0.3 is 10.2 Å². The van der Waals surface area contributed by atoms with E-state index < -0.39 is 0 Å². The van der Waals surface area contributed by atoms with E-state index in [9.17, 15) is 0 Å². The number of likely N-dealkylation sites (N-methyl/N-ethyl adjacent to an activating group) is 1. The van der Waals surface area contributed by atoms with Gasteiger partial charge in [0.1, 0.15) is 0 Å². The third-order valence-corrected chi connectivity index (χ3v) is 3.39. The van der Waals surface area contributed by atoms with Crippen molar-refractivity contribution in [1.82, 2.24) is 19.5 Å². The standard InChI is InChI=1S/C12H18BrN5/c1-9(2)17(3)7-6-14-12-15-11-5-4-10(13)8-18(11)16-12/h4-5,8-9H,6-7H2,1-3H3,(H,14,16). The van der Waals surface area contributed by atoms with Crippen molar-refractivity contribution in [2.75, 3.05) is 25.5 Å². The number of fused-ring (bicyclic) bond motifs is 1. The van der Waals surface area contributed by atoms with Crippen LogP contribution in [0, 0.1) is 0 Å². The highest BCUT2D eigenvalue weighted by Gasteiger charge is 2.05. The molecule has 2 aromatic rings. The summed E-state index contributed by atoms with van der Waals surface area (Å²) >= 11 is 3.41. The third kappa shape index (κ3) is 3.20. The summed E-state index contributed by atoms with van der Waals surface area (Å²) in [7, 11) is 2.11. The second-order valence-corrected chi connectivity index (χ2v) is 5.50. The maximum atomic E-state index is 4.40. The minimum absolute atomic E-state index is 0.553. The Morgan fingerprint density at radius 2 is 2.22 bits per heavy atom. The molecule has 2 aromatic heterocycles. The van der Waals surface area contributed by atoms with Gasteiger partial charge in [-0.15, -0.1) is 5.10 Å². The molecular formula is C12H18BrN5. The summed E-state index contributed by atoms with van der Waals surface area (Å²) in [5.41, 5.74) is 0.845. The topological polar surface area (TPSA) is 45.5 Å². The Hall–Kier alpha value is -1.14. The van der Waals surface area contributed by atoms with E-state index in [0.717, 1.165) is 23.2 Å². The molecular weight excluding hydrogens is 294 g/mol. The second kappa shape index (κ2) is 5.67. The molecule has 0 atom stereocenters. The van der Waals surface area contributed by atoms with E-state index in [-0.39, 0.29) is 0 Å². The molecule has 5 nitrogen and oxygen atoms in total. The zero-order valence-electron chi connectivity index (χ0n) is 10.9. The van der Waals surface area contributed by atoms with Crippen molar-refractivity contribution in [3.63, 3.8) is 0 Å². The summed E-state index contributed by atoms with van der Waals surface area (Å²) in [4.78, 5) is 6.67. The summed E-state index contributed by atoms with van der Waals surface area (Å²) in [6.45, 7) is 6.17. The number of hydrogen-bond donors (Lipinski definition) is 1. The van der Waals surface area contributed by atoms with Crippen LogP contribution in [0.25, 0.3) is 5.65 Å². The van der Waals surface area contributed by atoms with Crippen molar-refractivity contribution in [3.05, 3.63) is 22.8 Å². The first-order valence-corrected chi connectivity index (χ1v) is 6.81. The Balaban J connectivity index is 1.96. The largest absolute Gasteiger partial charge is 0.352 e. The van der Waals surface area contributed by atoms with E-state index in [0.29, 0.717) is 12.0 Å². The predicted octanol–water partition coefficient (Wildman–Crippen LogP) is 2.24. The molecule has 0 aromatic carbocycles. The maximum Gasteiger partial charge on any atom is 0.243 e. The first-order valence-electron chi connectivity index (χ1n) is 6.02. The normalized spacial score (nSPS) is 11.7. The fraction of sp³-hybridized carbons (Fsp3) is 0.500. The maximum absolute atomic E-state index is 4.40. The van der Waals surface area contributed by atoms with Crippen LogP contribution in [0.5, 0.6) is 0 Å². The van der Waals surface area contributed by atoms with Gasteiger partial charge in [0.05, 0.1) is 0 Å². The summed E-state index contributed by atoms with van der Waals surface area (Å²) in [5, 5.41) is 7.60. The highest BCUT2D eigenvalue weighted by atomic mass is 79.9. The number of aromatic nitrogens is 3. The number of hydrogen-bond acceptors (Lipinski definition) is 4. The van der Waals surface area contributed by atoms with Crippen LogP contribution in [0.3, 0.4) is 0 Å². The van der Waals surface area contributed by atoms with E-state index in [1.165, 1.54) is 0 Å². The van der Waals surface area contributed by atoms with Crippen LogP contribution in [-0.2, 0) is 0 Å². The molecule has 0 spiro atoms. The van der Waals surface area contributed by atoms with Gasteiger partial charge in [0.2, 0.25) is 5.95 Å². The van der Waals surface area contributed by atoms with E-state index in [1.54, 1.807) is 4.52 Å². The van der Waals surface area contributed by atoms with Crippen LogP contribution in [0.4, 0.5) is 5.95 Å². The van der Waals surface area contributed by atoms with Gasteiger partial charge >= 0.3 is 0 Å². The van der Waals surface area contributed by atoms with E-state index in [2.05, 4.69) is 57.1 Å². The van der Waals surface area contributed by atoms with Crippen LogP contribution in [-0.4, -0.2) is 45.7 Å². The number of pyridine rings is 1. The fourth-order valence-corrected chi connectivity index (χ4v) is 1.86. The lowest BCUT2D eigenvalue weighted by Gasteiger charge is -2.20. The Morgan fingerprint density at radius 1 is 1.44 bits per heavy atom. The molecule has 0 aliphatic heterocycles. The highest BCUT2D eigenvalue weighted by Crippen LogP contribution is 2.11. The molecule has 18 heavy (non-hydrogen) atoms. The molecule has 0 fully saturated rings. The quantitative estimate of drug-likeness (QED) is 0.920. The van der Waals surface area contributed by atoms with Crippen molar-refractivity contribution in [2.45, 2.75) is 19.9 Å². The van der Waals surface area contributed by atoms with Crippen LogP contribution < -0.4 is 5.32 Å². The Kier molecular flexibility index (Phi) is 4.19. The molecule has 6 heteroatoms. The zero-order valence-corrected chi connectivity index (χ0v) is 12.5. The van der Waals surface area contributed by atoms with Gasteiger partial charge in [-0.1, -0.05) is 0 Å². The molecule has 0 bridgehead atoms. The molecule has 2 heterocycles. The summed E-state index contributed by atoms with van der Waals surface area (Å²) in [6.07, 6.45) is 1.90. The SMILES string of the molecule is CC(C)N(C)CCNc1nc2ccc(Br)cn2n1. The van der Waals surface area contributed by atoms with Crippen molar-refractivity contribution in [3.8, 4) is 0 Å². The lowest BCUT2D eigenvalue weighted by Crippen LogP contribution is -2.31. The Labute approximate surface area is 115 Å². The Bertz CT molecular complexity index is 522. The lowest BCUT2D eigenvalue weighted by molar-refractivity contribution is 0.284. The third-order valence-electron chi connectivity index (χ3n) is 2.92. The van der Waals surface area contributed by atoms with E-state index >= 15 is 0 Å². The summed E-state index contributed by atoms with van der Waals surface area (Å²) < 4.78 is 2.75.